The molecule has 3 aliphatic heterocycles. The van der Waals surface area contributed by atoms with E-state index in [0.717, 1.165) is 34.8 Å². The third-order valence-corrected chi connectivity index (χ3v) is 7.70. The van der Waals surface area contributed by atoms with Gasteiger partial charge in [0.2, 0.25) is 20.4 Å². The zero-order valence-corrected chi connectivity index (χ0v) is 30.9. The standard InChI is InChI=1S/C13H17NO4.C13H11NO4.C11H15NO3.Al.Li.Ni.4H/c2*1-2-16-13(15)10(7-14)5-9-3-4-11-12(6-9)18-8-17-11;12-5-9(6-13)3-8-1-2-10-11(4-8)15-7-14-10;;;;;;;/h3-4,6,10H,2,5,7-8,14H2,1H3;3-6H,2,8H2,1H3;1-2,4,9,13H,3,5-7,12H2;;;;;;;/q;;;;+1;;;;;-1/b;10-5+;;;;;;;;. The van der Waals surface area contributed by atoms with Crippen LogP contribution in [0.5, 0.6) is 34.5 Å². The van der Waals surface area contributed by atoms with Crippen molar-refractivity contribution >= 4 is 35.4 Å². The normalized spacial score (nSPS) is 13.4. The first kappa shape index (κ1) is 48.2. The van der Waals surface area contributed by atoms with Gasteiger partial charge in [-0.25, -0.2) is 4.79 Å². The van der Waals surface area contributed by atoms with Crippen LogP contribution in [0.3, 0.4) is 0 Å². The van der Waals surface area contributed by atoms with Crippen LogP contribution in [0, 0.1) is 23.2 Å². The van der Waals surface area contributed by atoms with Crippen molar-refractivity contribution in [1.82, 2.24) is 0 Å². The first-order chi connectivity index (χ1) is 24.8. The van der Waals surface area contributed by atoms with E-state index in [4.69, 9.17) is 59.7 Å². The van der Waals surface area contributed by atoms with E-state index in [1.165, 1.54) is 6.08 Å². The van der Waals surface area contributed by atoms with Gasteiger partial charge in [0.05, 0.1) is 19.1 Å². The number of benzene rings is 3. The molecule has 54 heavy (non-hydrogen) atoms. The molecule has 3 heterocycles. The third kappa shape index (κ3) is 14.1. The van der Waals surface area contributed by atoms with Crippen molar-refractivity contribution in [1.29, 1.82) is 5.26 Å². The predicted molar refractivity (Wildman–Crippen MR) is 195 cm³/mol. The number of hydrogen-bond donors (Lipinski definition) is 3. The fourth-order valence-corrected chi connectivity index (χ4v) is 5.01. The number of nitrogens with two attached hydrogens (primary N) is 2. The molecule has 290 valence electrons. The number of carbonyl (C=O) groups is 2. The Morgan fingerprint density at radius 1 is 0.796 bits per heavy atom. The molecule has 2 atom stereocenters. The number of fused-ring (bicyclic) bond motifs is 3. The maximum Gasteiger partial charge on any atom is 1.00 e. The number of nitrogens with zero attached hydrogens (tertiary/aromatic N) is 1. The molecule has 0 amide bonds. The topological polar surface area (TPSA) is 204 Å². The molecule has 2 unspecified atom stereocenters. The van der Waals surface area contributed by atoms with E-state index in [9.17, 15) is 9.59 Å². The fourth-order valence-electron chi connectivity index (χ4n) is 5.01. The molecule has 0 aromatic heterocycles. The first-order valence-electron chi connectivity index (χ1n) is 16.4. The first-order valence-corrected chi connectivity index (χ1v) is 16.4. The number of esters is 2. The number of aliphatic hydroxyl groups excluding tert-OH is 1. The van der Waals surface area contributed by atoms with Crippen LogP contribution < -0.4 is 58.7 Å². The molecule has 0 spiro atoms. The Labute approximate surface area is 349 Å². The van der Waals surface area contributed by atoms with Crippen molar-refractivity contribution in [2.24, 2.45) is 23.3 Å². The molecule has 14 nitrogen and oxygen atoms in total. The van der Waals surface area contributed by atoms with E-state index in [2.05, 4.69) is 0 Å². The Morgan fingerprint density at radius 3 is 1.74 bits per heavy atom. The molecule has 0 fully saturated rings. The minimum absolute atomic E-state index is 0. The monoisotopic (exact) mass is 801 g/mol. The maximum atomic E-state index is 11.7. The van der Waals surface area contributed by atoms with Gasteiger partial charge in [-0.15, -0.1) is 0 Å². The van der Waals surface area contributed by atoms with Crippen LogP contribution in [0.4, 0.5) is 0 Å². The molecule has 0 bridgehead atoms. The number of aliphatic hydroxyl groups is 1. The summed E-state index contributed by atoms with van der Waals surface area (Å²) in [6.45, 7) is 5.68. The Bertz CT molecular complexity index is 1730. The van der Waals surface area contributed by atoms with Gasteiger partial charge in [0.1, 0.15) is 11.6 Å². The summed E-state index contributed by atoms with van der Waals surface area (Å²) in [7, 11) is 0. The number of carbonyl (C=O) groups excluding carboxylic acids is 2. The van der Waals surface area contributed by atoms with E-state index in [-0.39, 0.29) is 111 Å². The third-order valence-electron chi connectivity index (χ3n) is 7.70. The maximum absolute atomic E-state index is 11.7. The number of nitriles is 1. The molecule has 5 N–H and O–H groups in total. The summed E-state index contributed by atoms with van der Waals surface area (Å²) in [6.07, 6.45) is 2.77. The second-order valence-corrected chi connectivity index (χ2v) is 11.3. The predicted octanol–water partition coefficient (Wildman–Crippen LogP) is -0.564. The van der Waals surface area contributed by atoms with Crippen molar-refractivity contribution in [2.75, 3.05) is 53.3 Å². The van der Waals surface area contributed by atoms with Crippen molar-refractivity contribution in [3.63, 3.8) is 0 Å². The van der Waals surface area contributed by atoms with Gasteiger partial charge in [-0.05, 0) is 98.3 Å². The van der Waals surface area contributed by atoms with Crippen LogP contribution in [0.2, 0.25) is 0 Å². The molecule has 0 aliphatic carbocycles. The second kappa shape index (κ2) is 25.3. The van der Waals surface area contributed by atoms with Crippen LogP contribution in [-0.4, -0.2) is 87.7 Å². The summed E-state index contributed by atoms with van der Waals surface area (Å²) in [6, 6.07) is 18.4. The van der Waals surface area contributed by atoms with Gasteiger partial charge in [-0.2, -0.15) is 5.26 Å². The molecule has 3 aliphatic rings. The van der Waals surface area contributed by atoms with Crippen molar-refractivity contribution in [3.8, 4) is 40.6 Å². The zero-order chi connectivity index (χ0) is 36.6. The smallest absolute Gasteiger partial charge is 1.00 e. The molecule has 0 saturated carbocycles. The van der Waals surface area contributed by atoms with E-state index < -0.39 is 5.97 Å². The number of rotatable bonds is 12. The Morgan fingerprint density at radius 2 is 1.28 bits per heavy atom. The van der Waals surface area contributed by atoms with E-state index in [0.29, 0.717) is 49.2 Å². The number of hydrogen-bond acceptors (Lipinski definition) is 14. The molecule has 3 aromatic rings. The molecule has 6 rings (SSSR count). The zero-order valence-electron chi connectivity index (χ0n) is 30.9. The molecule has 17 heteroatoms. The Hall–Kier alpha value is -3.87. The summed E-state index contributed by atoms with van der Waals surface area (Å²) in [5.74, 6) is 3.19. The number of ether oxygens (including phenoxy) is 8. The Kier molecular flexibility index (Phi) is 22.5. The fraction of sp³-hybridized carbons (Fsp3) is 0.378. The van der Waals surface area contributed by atoms with Crippen LogP contribution >= 0.6 is 0 Å². The molecular weight excluding hydrogens is 755 g/mol. The average molecular weight is 802 g/mol. The van der Waals surface area contributed by atoms with Gasteiger partial charge < -0.3 is 55.9 Å². The van der Waals surface area contributed by atoms with Crippen molar-refractivity contribution in [3.05, 3.63) is 76.9 Å². The average Bonchev–Trinajstić information content (AvgIpc) is 3.93. The van der Waals surface area contributed by atoms with Crippen molar-refractivity contribution < 1.29 is 89.4 Å². The van der Waals surface area contributed by atoms with Gasteiger partial charge in [-0.3, -0.25) is 4.79 Å². The van der Waals surface area contributed by atoms with Crippen LogP contribution in [0.25, 0.3) is 6.08 Å². The van der Waals surface area contributed by atoms with Gasteiger partial charge in [-0.1, -0.05) is 18.2 Å². The van der Waals surface area contributed by atoms with E-state index >= 15 is 0 Å². The molecule has 0 radical (unpaired) electrons. The summed E-state index contributed by atoms with van der Waals surface area (Å²) in [4.78, 5) is 23.1. The molecule has 3 aromatic carbocycles. The second-order valence-electron chi connectivity index (χ2n) is 11.3. The van der Waals surface area contributed by atoms with Crippen LogP contribution in [0.15, 0.2) is 60.2 Å². The van der Waals surface area contributed by atoms with Crippen LogP contribution in [-0.2, 0) is 48.4 Å². The largest absolute Gasteiger partial charge is 1.00 e. The SMILES string of the molecule is CCOC(=O)/C(C#N)=C/c1ccc2c(c1)OCO2.CCOC(=O)C(CN)Cc1ccc2c(c1)OCO2.NCC(CO)Cc1ccc2c(c1)OCO2.[AlH3].[H-].[Li+].[Ni]. The molecular formula is C37H47AlLiN3NiO11. The van der Waals surface area contributed by atoms with E-state index in [1.807, 2.05) is 42.5 Å². The van der Waals surface area contributed by atoms with Gasteiger partial charge in [0.15, 0.2) is 51.9 Å². The minimum atomic E-state index is -0.627. The van der Waals surface area contributed by atoms with Crippen LogP contribution in [0.1, 0.15) is 32.0 Å². The quantitative estimate of drug-likeness (QED) is 0.0910. The summed E-state index contributed by atoms with van der Waals surface area (Å²) >= 11 is 0. The van der Waals surface area contributed by atoms with Crippen molar-refractivity contribution in [2.45, 2.75) is 26.7 Å². The minimum Gasteiger partial charge on any atom is -1.00 e. The van der Waals surface area contributed by atoms with Gasteiger partial charge in [0.25, 0.3) is 0 Å². The molecule has 0 saturated heterocycles. The van der Waals surface area contributed by atoms with Gasteiger partial charge in [0, 0.05) is 29.6 Å². The summed E-state index contributed by atoms with van der Waals surface area (Å²) in [5.41, 5.74) is 13.9. The summed E-state index contributed by atoms with van der Waals surface area (Å²) in [5, 5.41) is 17.9. The van der Waals surface area contributed by atoms with E-state index in [1.54, 1.807) is 32.0 Å². The van der Waals surface area contributed by atoms with Gasteiger partial charge >= 0.3 is 30.8 Å². The summed E-state index contributed by atoms with van der Waals surface area (Å²) < 4.78 is 41.2. The Balaban J connectivity index is 0.000000771.